The molecule has 0 bridgehead atoms. The van der Waals surface area contributed by atoms with Crippen molar-refractivity contribution in [2.24, 2.45) is 0 Å². The van der Waals surface area contributed by atoms with Crippen molar-refractivity contribution in [1.82, 2.24) is 4.98 Å². The Morgan fingerprint density at radius 1 is 1.00 bits per heavy atom. The third kappa shape index (κ3) is 6.74. The summed E-state index contributed by atoms with van der Waals surface area (Å²) in [5.74, 6) is 0.337. The number of hydrogen-bond donors (Lipinski definition) is 3. The molecule has 8 heteroatoms. The van der Waals surface area contributed by atoms with E-state index in [0.29, 0.717) is 16.0 Å². The van der Waals surface area contributed by atoms with Crippen LogP contribution in [0, 0.1) is 0 Å². The quantitative estimate of drug-likeness (QED) is 0.338. The second-order valence-corrected chi connectivity index (χ2v) is 8.34. The van der Waals surface area contributed by atoms with Crippen molar-refractivity contribution in [3.63, 3.8) is 0 Å². The van der Waals surface area contributed by atoms with Gasteiger partial charge in [-0.25, -0.2) is 4.98 Å². The van der Waals surface area contributed by atoms with Crippen LogP contribution < -0.4 is 16.0 Å². The molecular weight excluding hydrogens is 424 g/mol. The predicted molar refractivity (Wildman–Crippen MR) is 126 cm³/mol. The second-order valence-electron chi connectivity index (χ2n) is 6.08. The van der Waals surface area contributed by atoms with Gasteiger partial charge in [0, 0.05) is 22.5 Å². The first-order valence-corrected chi connectivity index (χ1v) is 10.5. The molecule has 0 aliphatic heterocycles. The van der Waals surface area contributed by atoms with Gasteiger partial charge in [-0.2, -0.15) is 0 Å². The van der Waals surface area contributed by atoms with E-state index >= 15 is 0 Å². The van der Waals surface area contributed by atoms with Crippen LogP contribution >= 0.6 is 35.6 Å². The monoisotopic (exact) mass is 442 g/mol. The Kier molecular flexibility index (Phi) is 7.46. The highest BCUT2D eigenvalue weighted by Gasteiger charge is 2.15. The molecule has 1 amide bonds. The van der Waals surface area contributed by atoms with Crippen molar-refractivity contribution in [2.75, 3.05) is 16.0 Å². The van der Waals surface area contributed by atoms with Gasteiger partial charge in [-0.3, -0.25) is 4.79 Å². The summed E-state index contributed by atoms with van der Waals surface area (Å²) in [6.07, 6.45) is 1.50. The number of pyridine rings is 1. The average molecular weight is 443 g/mol. The number of anilines is 3. The normalized spacial score (nSPS) is 11.4. The predicted octanol–water partition coefficient (Wildman–Crippen LogP) is 5.66. The summed E-state index contributed by atoms with van der Waals surface area (Å²) in [7, 11) is 0. The van der Waals surface area contributed by atoms with Crippen LogP contribution in [0.4, 0.5) is 17.2 Å². The Labute approximate surface area is 184 Å². The maximum Gasteiger partial charge on any atom is 0.238 e. The Hall–Kier alpha value is -2.61. The standard InChI is InChI=1S/C21H19ClN4OS2/c1-14(20(27)26-19-11-10-15(22)13-23-19)29-18-9-5-8-17(12-18)25-21(28)24-16-6-3-2-4-7-16/h2-14H,1H3,(H,23,26,27)(H2,24,25,28). The van der Waals surface area contributed by atoms with Gasteiger partial charge in [0.2, 0.25) is 5.91 Å². The molecular formula is C21H19ClN4OS2. The molecule has 0 saturated heterocycles. The number of amides is 1. The van der Waals surface area contributed by atoms with E-state index in [0.717, 1.165) is 16.3 Å². The summed E-state index contributed by atoms with van der Waals surface area (Å²) in [5, 5.41) is 9.80. The lowest BCUT2D eigenvalue weighted by atomic mass is 10.3. The molecule has 3 rings (SSSR count). The van der Waals surface area contributed by atoms with E-state index in [4.69, 9.17) is 23.8 Å². The maximum absolute atomic E-state index is 12.4. The van der Waals surface area contributed by atoms with Gasteiger partial charge >= 0.3 is 0 Å². The number of thioether (sulfide) groups is 1. The van der Waals surface area contributed by atoms with E-state index in [9.17, 15) is 4.79 Å². The average Bonchev–Trinajstić information content (AvgIpc) is 2.70. The summed E-state index contributed by atoms with van der Waals surface area (Å²) < 4.78 is 0. The van der Waals surface area contributed by atoms with Crippen LogP contribution in [0.1, 0.15) is 6.92 Å². The lowest BCUT2D eigenvalue weighted by Crippen LogP contribution is -2.23. The van der Waals surface area contributed by atoms with E-state index in [1.165, 1.54) is 18.0 Å². The lowest BCUT2D eigenvalue weighted by Gasteiger charge is -2.14. The minimum absolute atomic E-state index is 0.135. The highest BCUT2D eigenvalue weighted by Crippen LogP contribution is 2.26. The Bertz CT molecular complexity index is 983. The van der Waals surface area contributed by atoms with Gasteiger partial charge in [-0.15, -0.1) is 11.8 Å². The fourth-order valence-electron chi connectivity index (χ4n) is 2.40. The first-order chi connectivity index (χ1) is 14.0. The first kappa shape index (κ1) is 21.1. The van der Waals surface area contributed by atoms with Gasteiger partial charge in [0.25, 0.3) is 0 Å². The fourth-order valence-corrected chi connectivity index (χ4v) is 3.67. The van der Waals surface area contributed by atoms with Crippen LogP contribution in [0.2, 0.25) is 5.02 Å². The number of thiocarbonyl (C=S) groups is 1. The number of nitrogens with zero attached hydrogens (tertiary/aromatic N) is 1. The molecule has 0 spiro atoms. The summed E-state index contributed by atoms with van der Waals surface area (Å²) in [5.41, 5.74) is 1.76. The third-order valence-corrected chi connectivity index (χ3v) is 5.31. The van der Waals surface area contributed by atoms with Crippen LogP contribution in [0.5, 0.6) is 0 Å². The molecule has 0 fully saturated rings. The minimum atomic E-state index is -0.308. The van der Waals surface area contributed by atoms with E-state index in [2.05, 4.69) is 20.9 Å². The maximum atomic E-state index is 12.4. The van der Waals surface area contributed by atoms with E-state index in [1.54, 1.807) is 12.1 Å². The van der Waals surface area contributed by atoms with Crippen molar-refractivity contribution in [2.45, 2.75) is 17.1 Å². The largest absolute Gasteiger partial charge is 0.332 e. The van der Waals surface area contributed by atoms with E-state index in [1.807, 2.05) is 61.5 Å². The topological polar surface area (TPSA) is 66.0 Å². The number of benzene rings is 2. The number of nitrogens with one attached hydrogen (secondary N) is 3. The Morgan fingerprint density at radius 2 is 1.72 bits per heavy atom. The van der Waals surface area contributed by atoms with Gasteiger partial charge < -0.3 is 16.0 Å². The van der Waals surface area contributed by atoms with Crippen LogP contribution in [0.3, 0.4) is 0 Å². The number of hydrogen-bond acceptors (Lipinski definition) is 4. The summed E-state index contributed by atoms with van der Waals surface area (Å²) >= 11 is 12.6. The first-order valence-electron chi connectivity index (χ1n) is 8.82. The SMILES string of the molecule is CC(Sc1cccc(NC(=S)Nc2ccccc2)c1)C(=O)Nc1ccc(Cl)cn1. The molecule has 1 heterocycles. The highest BCUT2D eigenvalue weighted by molar-refractivity contribution is 8.00. The fraction of sp³-hybridized carbons (Fsp3) is 0.0952. The van der Waals surface area contributed by atoms with E-state index in [-0.39, 0.29) is 11.2 Å². The molecule has 148 valence electrons. The van der Waals surface area contributed by atoms with Crippen LogP contribution in [0.25, 0.3) is 0 Å². The van der Waals surface area contributed by atoms with Gasteiger partial charge in [0.15, 0.2) is 5.11 Å². The molecule has 2 aromatic carbocycles. The molecule has 0 radical (unpaired) electrons. The minimum Gasteiger partial charge on any atom is -0.332 e. The highest BCUT2D eigenvalue weighted by atomic mass is 35.5. The van der Waals surface area contributed by atoms with Crippen molar-refractivity contribution < 1.29 is 4.79 Å². The van der Waals surface area contributed by atoms with Crippen molar-refractivity contribution in [1.29, 1.82) is 0 Å². The molecule has 1 aromatic heterocycles. The Balaban J connectivity index is 1.56. The third-order valence-electron chi connectivity index (χ3n) is 3.78. The molecule has 0 aliphatic carbocycles. The van der Waals surface area contributed by atoms with Gasteiger partial charge in [-0.05, 0) is 61.6 Å². The van der Waals surface area contributed by atoms with E-state index < -0.39 is 0 Å². The van der Waals surface area contributed by atoms with Crippen LogP contribution in [0.15, 0.2) is 77.8 Å². The molecule has 0 saturated carbocycles. The lowest BCUT2D eigenvalue weighted by molar-refractivity contribution is -0.115. The second kappa shape index (κ2) is 10.2. The van der Waals surface area contributed by atoms with Crippen LogP contribution in [-0.4, -0.2) is 21.3 Å². The molecule has 29 heavy (non-hydrogen) atoms. The number of para-hydroxylation sites is 1. The molecule has 3 N–H and O–H groups in total. The Morgan fingerprint density at radius 3 is 2.45 bits per heavy atom. The zero-order valence-corrected chi connectivity index (χ0v) is 17.9. The number of carbonyl (C=O) groups is 1. The van der Waals surface area contributed by atoms with Crippen molar-refractivity contribution in [3.05, 3.63) is 77.9 Å². The molecule has 0 aliphatic rings. The van der Waals surface area contributed by atoms with Crippen molar-refractivity contribution >= 4 is 63.8 Å². The molecule has 1 unspecified atom stereocenters. The molecule has 1 atom stereocenters. The summed E-state index contributed by atoms with van der Waals surface area (Å²) in [4.78, 5) is 17.4. The van der Waals surface area contributed by atoms with Gasteiger partial charge in [0.05, 0.1) is 10.3 Å². The van der Waals surface area contributed by atoms with Crippen LogP contribution in [-0.2, 0) is 4.79 Å². The smallest absolute Gasteiger partial charge is 0.238 e. The summed E-state index contributed by atoms with van der Waals surface area (Å²) in [6, 6.07) is 20.8. The molecule has 3 aromatic rings. The van der Waals surface area contributed by atoms with Gasteiger partial charge in [-0.1, -0.05) is 35.9 Å². The number of aromatic nitrogens is 1. The number of carbonyl (C=O) groups excluding carboxylic acids is 1. The summed E-state index contributed by atoms with van der Waals surface area (Å²) in [6.45, 7) is 1.84. The van der Waals surface area contributed by atoms with Crippen molar-refractivity contribution in [3.8, 4) is 0 Å². The number of halogens is 1. The zero-order chi connectivity index (χ0) is 20.6. The number of rotatable bonds is 6. The van der Waals surface area contributed by atoms with Gasteiger partial charge in [0.1, 0.15) is 5.82 Å². The molecule has 5 nitrogen and oxygen atoms in total. The zero-order valence-electron chi connectivity index (χ0n) is 15.6.